The van der Waals surface area contributed by atoms with Gasteiger partial charge >= 0.3 is 5.97 Å². The average Bonchev–Trinajstić information content (AvgIpc) is 2.29. The molecule has 1 aliphatic heterocycles. The van der Waals surface area contributed by atoms with E-state index in [1.54, 1.807) is 6.92 Å². The lowest BCUT2D eigenvalue weighted by molar-refractivity contribution is 0.0681. The quantitative estimate of drug-likeness (QED) is 0.762. The first kappa shape index (κ1) is 10.6. The molecular formula is C11H10N2O3. The molecule has 0 fully saturated rings. The summed E-state index contributed by atoms with van der Waals surface area (Å²) in [6.45, 7) is 2.31. The second kappa shape index (κ2) is 3.58. The minimum Gasteiger partial charge on any atom is -0.478 e. The Morgan fingerprint density at radius 2 is 2.50 bits per heavy atom. The predicted octanol–water partition coefficient (Wildman–Crippen LogP) is 1.09. The van der Waals surface area contributed by atoms with Crippen LogP contribution in [0.25, 0.3) is 0 Å². The van der Waals surface area contributed by atoms with Crippen LogP contribution in [-0.4, -0.2) is 22.7 Å². The number of hydrogen-bond acceptors (Lipinski definition) is 4. The number of carbonyl (C=O) groups is 1. The zero-order chi connectivity index (χ0) is 11.8. The largest absolute Gasteiger partial charge is 0.478 e. The van der Waals surface area contributed by atoms with Gasteiger partial charge in [0, 0.05) is 6.20 Å². The van der Waals surface area contributed by atoms with Gasteiger partial charge in [0.25, 0.3) is 0 Å². The van der Waals surface area contributed by atoms with Gasteiger partial charge in [-0.05, 0) is 18.6 Å². The number of rotatable bonds is 1. The van der Waals surface area contributed by atoms with Crippen molar-refractivity contribution in [2.75, 3.05) is 6.61 Å². The molecule has 2 rings (SSSR count). The number of pyridine rings is 1. The van der Waals surface area contributed by atoms with Crippen LogP contribution in [0.15, 0.2) is 12.3 Å². The van der Waals surface area contributed by atoms with Crippen molar-refractivity contribution < 1.29 is 14.6 Å². The predicted molar refractivity (Wildman–Crippen MR) is 53.8 cm³/mol. The van der Waals surface area contributed by atoms with Crippen LogP contribution in [0.4, 0.5) is 0 Å². The van der Waals surface area contributed by atoms with Crippen LogP contribution in [-0.2, 0) is 16.8 Å². The van der Waals surface area contributed by atoms with Crippen LogP contribution in [0.1, 0.15) is 28.5 Å². The number of ether oxygens (including phenoxy) is 1. The van der Waals surface area contributed by atoms with Gasteiger partial charge in [0.1, 0.15) is 5.41 Å². The molecule has 0 spiro atoms. The van der Waals surface area contributed by atoms with Crippen molar-refractivity contribution >= 4 is 5.97 Å². The van der Waals surface area contributed by atoms with Crippen LogP contribution in [0.3, 0.4) is 0 Å². The Bertz CT molecular complexity index is 492. The van der Waals surface area contributed by atoms with E-state index in [1.807, 2.05) is 0 Å². The van der Waals surface area contributed by atoms with Crippen molar-refractivity contribution in [1.29, 1.82) is 5.26 Å². The van der Waals surface area contributed by atoms with Gasteiger partial charge in [-0.3, -0.25) is 4.98 Å². The molecule has 1 aromatic heterocycles. The Balaban J connectivity index is 2.58. The third kappa shape index (κ3) is 1.53. The summed E-state index contributed by atoms with van der Waals surface area (Å²) in [7, 11) is 0. The normalized spacial score (nSPS) is 23.2. The Hall–Kier alpha value is -1.93. The van der Waals surface area contributed by atoms with E-state index in [9.17, 15) is 4.79 Å². The molecule has 0 aliphatic carbocycles. The standard InChI is InChI=1S/C11H10N2O3/c1-11(5-12)6-16-4-9-8(11)2-7(3-13-9)10(14)15/h2-3H,4,6H2,1H3,(H,14,15)/t11-/m1/s1. The maximum atomic E-state index is 10.8. The fourth-order valence-electron chi connectivity index (χ4n) is 1.72. The number of aromatic carboxylic acids is 1. The minimum atomic E-state index is -1.04. The molecule has 16 heavy (non-hydrogen) atoms. The fourth-order valence-corrected chi connectivity index (χ4v) is 1.72. The number of aromatic nitrogens is 1. The van der Waals surface area contributed by atoms with Crippen LogP contribution < -0.4 is 0 Å². The van der Waals surface area contributed by atoms with Crippen molar-refractivity contribution in [3.63, 3.8) is 0 Å². The van der Waals surface area contributed by atoms with Gasteiger partial charge in [-0.25, -0.2) is 4.79 Å². The molecule has 0 bridgehead atoms. The highest BCUT2D eigenvalue weighted by atomic mass is 16.5. The smallest absolute Gasteiger partial charge is 0.337 e. The molecular weight excluding hydrogens is 208 g/mol. The first-order valence-electron chi connectivity index (χ1n) is 4.78. The van der Waals surface area contributed by atoms with Crippen molar-refractivity contribution in [3.8, 4) is 6.07 Å². The molecule has 1 N–H and O–H groups in total. The lowest BCUT2D eigenvalue weighted by Crippen LogP contribution is -2.33. The number of fused-ring (bicyclic) bond motifs is 1. The second-order valence-corrected chi connectivity index (χ2v) is 3.96. The summed E-state index contributed by atoms with van der Waals surface area (Å²) >= 11 is 0. The second-order valence-electron chi connectivity index (χ2n) is 3.96. The van der Waals surface area contributed by atoms with Gasteiger partial charge < -0.3 is 9.84 Å². The molecule has 0 saturated heterocycles. The Labute approximate surface area is 92.3 Å². The number of hydrogen-bond donors (Lipinski definition) is 1. The highest BCUT2D eigenvalue weighted by molar-refractivity contribution is 5.87. The molecule has 2 heterocycles. The van der Waals surface area contributed by atoms with Crippen molar-refractivity contribution in [3.05, 3.63) is 29.1 Å². The van der Waals surface area contributed by atoms with E-state index < -0.39 is 11.4 Å². The summed E-state index contributed by atoms with van der Waals surface area (Å²) in [5.74, 6) is -1.04. The number of nitrogens with zero attached hydrogens (tertiary/aromatic N) is 2. The lowest BCUT2D eigenvalue weighted by Gasteiger charge is -2.28. The minimum absolute atomic E-state index is 0.0992. The van der Waals surface area contributed by atoms with E-state index >= 15 is 0 Å². The third-order valence-corrected chi connectivity index (χ3v) is 2.69. The van der Waals surface area contributed by atoms with Gasteiger partial charge in [-0.2, -0.15) is 5.26 Å². The molecule has 1 aliphatic rings. The first-order valence-corrected chi connectivity index (χ1v) is 4.78. The zero-order valence-corrected chi connectivity index (χ0v) is 8.73. The van der Waals surface area contributed by atoms with E-state index in [-0.39, 0.29) is 12.2 Å². The Morgan fingerprint density at radius 1 is 1.75 bits per heavy atom. The van der Waals surface area contributed by atoms with Gasteiger partial charge in [0.05, 0.1) is 30.5 Å². The molecule has 82 valence electrons. The van der Waals surface area contributed by atoms with Gasteiger partial charge in [0.2, 0.25) is 0 Å². The highest BCUT2D eigenvalue weighted by Crippen LogP contribution is 2.31. The average molecular weight is 218 g/mol. The maximum absolute atomic E-state index is 10.8. The van der Waals surface area contributed by atoms with Gasteiger partial charge in [-0.1, -0.05) is 0 Å². The topological polar surface area (TPSA) is 83.2 Å². The van der Waals surface area contributed by atoms with E-state index in [0.717, 1.165) is 0 Å². The molecule has 0 aromatic carbocycles. The molecule has 5 heteroatoms. The fraction of sp³-hybridized carbons (Fsp3) is 0.364. The number of carboxylic acids is 1. The lowest BCUT2D eigenvalue weighted by atomic mass is 9.82. The van der Waals surface area contributed by atoms with Crippen molar-refractivity contribution in [2.45, 2.75) is 18.9 Å². The SMILES string of the molecule is C[C@@]1(C#N)COCc2ncc(C(=O)O)cc21. The number of carboxylic acid groups (broad SMARTS) is 1. The zero-order valence-electron chi connectivity index (χ0n) is 8.73. The maximum Gasteiger partial charge on any atom is 0.337 e. The summed E-state index contributed by atoms with van der Waals surface area (Å²) in [6, 6.07) is 3.66. The van der Waals surface area contributed by atoms with Crippen LogP contribution in [0.5, 0.6) is 0 Å². The number of nitriles is 1. The molecule has 0 saturated carbocycles. The third-order valence-electron chi connectivity index (χ3n) is 2.69. The van der Waals surface area contributed by atoms with E-state index in [2.05, 4.69) is 11.1 Å². The monoisotopic (exact) mass is 218 g/mol. The summed E-state index contributed by atoms with van der Waals surface area (Å²) < 4.78 is 5.27. The molecule has 0 unspecified atom stereocenters. The van der Waals surface area contributed by atoms with Crippen LogP contribution >= 0.6 is 0 Å². The summed E-state index contributed by atoms with van der Waals surface area (Å²) in [4.78, 5) is 14.9. The first-order chi connectivity index (χ1) is 7.57. The van der Waals surface area contributed by atoms with Gasteiger partial charge in [0.15, 0.2) is 0 Å². The molecule has 1 aromatic rings. The molecule has 1 atom stereocenters. The Morgan fingerprint density at radius 3 is 3.12 bits per heavy atom. The molecule has 5 nitrogen and oxygen atoms in total. The van der Waals surface area contributed by atoms with Crippen molar-refractivity contribution in [1.82, 2.24) is 4.98 Å². The summed E-state index contributed by atoms with van der Waals surface area (Å²) in [6.07, 6.45) is 1.29. The van der Waals surface area contributed by atoms with Crippen LogP contribution in [0.2, 0.25) is 0 Å². The summed E-state index contributed by atoms with van der Waals surface area (Å²) in [5, 5.41) is 18.0. The van der Waals surface area contributed by atoms with Gasteiger partial charge in [-0.15, -0.1) is 0 Å². The van der Waals surface area contributed by atoms with E-state index in [1.165, 1.54) is 12.3 Å². The summed E-state index contributed by atoms with van der Waals surface area (Å²) in [5.41, 5.74) is 0.579. The van der Waals surface area contributed by atoms with E-state index in [4.69, 9.17) is 15.1 Å². The van der Waals surface area contributed by atoms with Crippen molar-refractivity contribution in [2.24, 2.45) is 0 Å². The Kier molecular flexibility index (Phi) is 2.37. The van der Waals surface area contributed by atoms with E-state index in [0.29, 0.717) is 17.9 Å². The molecule has 0 radical (unpaired) electrons. The van der Waals surface area contributed by atoms with Crippen LogP contribution in [0, 0.1) is 11.3 Å². The molecule has 0 amide bonds. The highest BCUT2D eigenvalue weighted by Gasteiger charge is 2.34.